The summed E-state index contributed by atoms with van der Waals surface area (Å²) in [7, 11) is 0. The number of aliphatic hydroxyl groups excluding tert-OH is 1. The summed E-state index contributed by atoms with van der Waals surface area (Å²) in [6.07, 6.45) is 0. The Hall–Kier alpha value is -2.24. The molecule has 2 aromatic rings. The average molecular weight is 280 g/mol. The zero-order valence-corrected chi connectivity index (χ0v) is 12.7. The fourth-order valence-electron chi connectivity index (χ4n) is 2.23. The number of aryl methyl sites for hydroxylation is 3. The quantitative estimate of drug-likeness (QED) is 0.871. The number of aliphatic hydroxyl groups is 1. The van der Waals surface area contributed by atoms with Gasteiger partial charge in [-0.3, -0.25) is 0 Å². The van der Waals surface area contributed by atoms with Gasteiger partial charge in [-0.15, -0.1) is 0 Å². The van der Waals surface area contributed by atoms with Gasteiger partial charge in [-0.1, -0.05) is 36.1 Å². The lowest BCUT2D eigenvalue weighted by atomic mass is 10.0. The molecule has 0 fully saturated rings. The van der Waals surface area contributed by atoms with Gasteiger partial charge in [0.2, 0.25) is 0 Å². The molecule has 0 amide bonds. The monoisotopic (exact) mass is 280 g/mol. The highest BCUT2D eigenvalue weighted by Gasteiger charge is 2.06. The van der Waals surface area contributed by atoms with Crippen LogP contribution >= 0.6 is 0 Å². The van der Waals surface area contributed by atoms with E-state index in [4.69, 9.17) is 9.84 Å². The van der Waals surface area contributed by atoms with E-state index in [0.717, 1.165) is 16.9 Å². The molecule has 2 heteroatoms. The molecule has 2 nitrogen and oxygen atoms in total. The molecule has 0 radical (unpaired) electrons. The van der Waals surface area contributed by atoms with Gasteiger partial charge in [0.1, 0.15) is 19.0 Å². The molecule has 0 aliphatic heterocycles. The Morgan fingerprint density at radius 2 is 1.76 bits per heavy atom. The molecule has 0 heterocycles. The number of rotatable bonds is 3. The summed E-state index contributed by atoms with van der Waals surface area (Å²) in [5.74, 6) is 6.38. The first-order valence-corrected chi connectivity index (χ1v) is 7.00. The van der Waals surface area contributed by atoms with Gasteiger partial charge in [0.05, 0.1) is 5.56 Å². The molecule has 0 unspecified atom stereocenters. The molecule has 0 spiro atoms. The van der Waals surface area contributed by atoms with Gasteiger partial charge < -0.3 is 9.84 Å². The van der Waals surface area contributed by atoms with Crippen LogP contribution in [0.1, 0.15) is 27.8 Å². The Morgan fingerprint density at radius 3 is 2.43 bits per heavy atom. The Labute approximate surface area is 126 Å². The first-order chi connectivity index (χ1) is 10.1. The van der Waals surface area contributed by atoms with Gasteiger partial charge in [0.15, 0.2) is 0 Å². The van der Waals surface area contributed by atoms with Crippen LogP contribution in [0, 0.1) is 32.6 Å². The van der Waals surface area contributed by atoms with Crippen molar-refractivity contribution in [2.24, 2.45) is 0 Å². The van der Waals surface area contributed by atoms with Crippen molar-refractivity contribution in [3.05, 3.63) is 64.2 Å². The second kappa shape index (κ2) is 6.97. The minimum atomic E-state index is -0.149. The predicted octanol–water partition coefficient (Wildman–Crippen LogP) is 3.53. The van der Waals surface area contributed by atoms with E-state index in [1.165, 1.54) is 16.7 Å². The number of benzene rings is 2. The summed E-state index contributed by atoms with van der Waals surface area (Å²) in [5, 5.41) is 8.85. The Balaban J connectivity index is 2.24. The summed E-state index contributed by atoms with van der Waals surface area (Å²) >= 11 is 0. The van der Waals surface area contributed by atoms with Crippen molar-refractivity contribution in [3.8, 4) is 17.6 Å². The van der Waals surface area contributed by atoms with E-state index >= 15 is 0 Å². The molecule has 1 N–H and O–H groups in total. The smallest absolute Gasteiger partial charge is 0.135 e. The summed E-state index contributed by atoms with van der Waals surface area (Å²) < 4.78 is 5.95. The SMILES string of the molecule is Cc1ccc(OCc2c(C)cccc2C)c(C#CCO)c1. The highest BCUT2D eigenvalue weighted by atomic mass is 16.5. The van der Waals surface area contributed by atoms with Gasteiger partial charge in [-0.05, 0) is 55.2 Å². The Kier molecular flexibility index (Phi) is 5.03. The highest BCUT2D eigenvalue weighted by Crippen LogP contribution is 2.22. The lowest BCUT2D eigenvalue weighted by Crippen LogP contribution is -2.02. The first-order valence-electron chi connectivity index (χ1n) is 7.00. The van der Waals surface area contributed by atoms with Crippen molar-refractivity contribution < 1.29 is 9.84 Å². The fourth-order valence-corrected chi connectivity index (χ4v) is 2.23. The molecule has 0 aliphatic rings. The van der Waals surface area contributed by atoms with Crippen molar-refractivity contribution in [1.29, 1.82) is 0 Å². The molecule has 0 atom stereocenters. The van der Waals surface area contributed by atoms with E-state index in [1.807, 2.05) is 25.1 Å². The van der Waals surface area contributed by atoms with Crippen LogP contribution in [0.4, 0.5) is 0 Å². The molecule has 2 rings (SSSR count). The first kappa shape index (κ1) is 15.2. The van der Waals surface area contributed by atoms with Gasteiger partial charge in [0.25, 0.3) is 0 Å². The van der Waals surface area contributed by atoms with Crippen LogP contribution in [0.5, 0.6) is 5.75 Å². The average Bonchev–Trinajstić information content (AvgIpc) is 2.46. The molecule has 2 aromatic carbocycles. The van der Waals surface area contributed by atoms with Crippen LogP contribution < -0.4 is 4.74 Å². The molecule has 108 valence electrons. The molecule has 0 aliphatic carbocycles. The minimum absolute atomic E-state index is 0.149. The topological polar surface area (TPSA) is 29.5 Å². The second-order valence-electron chi connectivity index (χ2n) is 5.12. The number of hydrogen-bond donors (Lipinski definition) is 1. The highest BCUT2D eigenvalue weighted by molar-refractivity contribution is 5.48. The molecule has 0 bridgehead atoms. The fraction of sp³-hybridized carbons (Fsp3) is 0.263. The summed E-state index contributed by atoms with van der Waals surface area (Å²) in [4.78, 5) is 0. The van der Waals surface area contributed by atoms with E-state index in [2.05, 4.69) is 43.9 Å². The van der Waals surface area contributed by atoms with Crippen LogP contribution in [0.2, 0.25) is 0 Å². The molecular weight excluding hydrogens is 260 g/mol. The zero-order valence-electron chi connectivity index (χ0n) is 12.7. The van der Waals surface area contributed by atoms with Crippen LogP contribution in [-0.2, 0) is 6.61 Å². The van der Waals surface area contributed by atoms with Gasteiger partial charge in [-0.2, -0.15) is 0 Å². The maximum Gasteiger partial charge on any atom is 0.135 e. The van der Waals surface area contributed by atoms with Gasteiger partial charge in [0, 0.05) is 0 Å². The standard InChI is InChI=1S/C19H20O2/c1-14-9-10-19(17(12-14)8-5-11-20)21-13-18-15(2)6-4-7-16(18)3/h4,6-7,9-10,12,20H,11,13H2,1-3H3. The van der Waals surface area contributed by atoms with Crippen LogP contribution in [0.25, 0.3) is 0 Å². The minimum Gasteiger partial charge on any atom is -0.488 e. The molecule has 21 heavy (non-hydrogen) atoms. The largest absolute Gasteiger partial charge is 0.488 e. The van der Waals surface area contributed by atoms with E-state index in [9.17, 15) is 0 Å². The van der Waals surface area contributed by atoms with E-state index in [1.54, 1.807) is 0 Å². The van der Waals surface area contributed by atoms with Gasteiger partial charge >= 0.3 is 0 Å². The van der Waals surface area contributed by atoms with Crippen molar-refractivity contribution >= 4 is 0 Å². The predicted molar refractivity (Wildman–Crippen MR) is 85.4 cm³/mol. The molecule has 0 saturated carbocycles. The van der Waals surface area contributed by atoms with Crippen molar-refractivity contribution in [3.63, 3.8) is 0 Å². The molecule has 0 saturated heterocycles. The van der Waals surface area contributed by atoms with Crippen molar-refractivity contribution in [2.45, 2.75) is 27.4 Å². The summed E-state index contributed by atoms with van der Waals surface area (Å²) in [6.45, 7) is 6.57. The maximum absolute atomic E-state index is 8.85. The lowest BCUT2D eigenvalue weighted by Gasteiger charge is -2.13. The lowest BCUT2D eigenvalue weighted by molar-refractivity contribution is 0.303. The normalized spacial score (nSPS) is 9.90. The van der Waals surface area contributed by atoms with Crippen LogP contribution in [0.15, 0.2) is 36.4 Å². The molecular formula is C19H20O2. The number of hydrogen-bond acceptors (Lipinski definition) is 2. The second-order valence-corrected chi connectivity index (χ2v) is 5.12. The van der Waals surface area contributed by atoms with Crippen molar-refractivity contribution in [2.75, 3.05) is 6.61 Å². The van der Waals surface area contributed by atoms with Crippen LogP contribution in [0.3, 0.4) is 0 Å². The third-order valence-electron chi connectivity index (χ3n) is 3.45. The number of ether oxygens (including phenoxy) is 1. The third kappa shape index (κ3) is 3.87. The molecule has 0 aromatic heterocycles. The maximum atomic E-state index is 8.85. The van der Waals surface area contributed by atoms with Gasteiger partial charge in [-0.25, -0.2) is 0 Å². The third-order valence-corrected chi connectivity index (χ3v) is 3.45. The van der Waals surface area contributed by atoms with Crippen LogP contribution in [-0.4, -0.2) is 11.7 Å². The van der Waals surface area contributed by atoms with E-state index in [0.29, 0.717) is 6.61 Å². The Bertz CT molecular complexity index is 670. The van der Waals surface area contributed by atoms with E-state index < -0.39 is 0 Å². The Morgan fingerprint density at radius 1 is 1.05 bits per heavy atom. The van der Waals surface area contributed by atoms with E-state index in [-0.39, 0.29) is 6.61 Å². The van der Waals surface area contributed by atoms with Crippen molar-refractivity contribution in [1.82, 2.24) is 0 Å². The zero-order chi connectivity index (χ0) is 15.2. The summed E-state index contributed by atoms with van der Waals surface area (Å²) in [5.41, 5.74) is 5.60. The summed E-state index contributed by atoms with van der Waals surface area (Å²) in [6, 6.07) is 12.1.